The Morgan fingerprint density at radius 1 is 1.15 bits per heavy atom. The molecule has 1 fully saturated rings. The zero-order valence-corrected chi connectivity index (χ0v) is 17.4. The number of hydrogen-bond acceptors (Lipinski definition) is 2. The number of benzene rings is 2. The van der Waals surface area contributed by atoms with Crippen LogP contribution >= 0.6 is 35.4 Å². The lowest BCUT2D eigenvalue weighted by molar-refractivity contribution is -0.125. The van der Waals surface area contributed by atoms with Crippen molar-refractivity contribution < 1.29 is 4.79 Å². The van der Waals surface area contributed by atoms with Gasteiger partial charge in [-0.05, 0) is 47.2 Å². The van der Waals surface area contributed by atoms with Gasteiger partial charge in [-0.3, -0.25) is 4.79 Å². The Morgan fingerprint density at radius 2 is 1.89 bits per heavy atom. The van der Waals surface area contributed by atoms with Gasteiger partial charge in [-0.25, -0.2) is 0 Å². The van der Waals surface area contributed by atoms with Crippen molar-refractivity contribution in [3.05, 3.63) is 63.6 Å². The largest absolute Gasteiger partial charge is 0.371 e. The number of rotatable bonds is 2. The minimum atomic E-state index is -0.777. The number of amides is 1. The van der Waals surface area contributed by atoms with Crippen LogP contribution in [0.5, 0.6) is 0 Å². The van der Waals surface area contributed by atoms with Gasteiger partial charge < -0.3 is 10.6 Å². The maximum Gasteiger partial charge on any atom is 0.237 e. The molecule has 27 heavy (non-hydrogen) atoms. The fraction of sp³-hybridized carbons (Fsp3) is 0.333. The monoisotopic (exact) mass is 418 g/mol. The number of fused-ring (bicyclic) bond motifs is 2. The molecule has 2 aliphatic rings. The van der Waals surface area contributed by atoms with Gasteiger partial charge in [-0.1, -0.05) is 67.5 Å². The highest BCUT2D eigenvalue weighted by Crippen LogP contribution is 2.56. The van der Waals surface area contributed by atoms with Crippen LogP contribution in [0.2, 0.25) is 10.0 Å². The number of anilines is 1. The van der Waals surface area contributed by atoms with E-state index in [-0.39, 0.29) is 23.8 Å². The second-order valence-electron chi connectivity index (χ2n) is 7.62. The summed E-state index contributed by atoms with van der Waals surface area (Å²) in [7, 11) is 0. The first-order chi connectivity index (χ1) is 12.8. The molecule has 2 heterocycles. The van der Waals surface area contributed by atoms with Gasteiger partial charge in [0.2, 0.25) is 5.91 Å². The normalized spacial score (nSPS) is 26.9. The van der Waals surface area contributed by atoms with Gasteiger partial charge in [0.25, 0.3) is 0 Å². The van der Waals surface area contributed by atoms with E-state index in [0.29, 0.717) is 16.5 Å². The Labute approximate surface area is 174 Å². The van der Waals surface area contributed by atoms with Gasteiger partial charge in [-0.15, -0.1) is 0 Å². The van der Waals surface area contributed by atoms with E-state index in [2.05, 4.69) is 24.5 Å². The summed E-state index contributed by atoms with van der Waals surface area (Å²) in [6.45, 7) is 4.30. The lowest BCUT2D eigenvalue weighted by Gasteiger charge is -2.48. The fourth-order valence-corrected chi connectivity index (χ4v) is 5.35. The van der Waals surface area contributed by atoms with Crippen molar-refractivity contribution in [2.24, 2.45) is 11.8 Å². The lowest BCUT2D eigenvalue weighted by atomic mass is 9.58. The second kappa shape index (κ2) is 6.77. The first-order valence-corrected chi connectivity index (χ1v) is 10.2. The molecule has 1 saturated heterocycles. The number of hydrogen-bond donors (Lipinski definition) is 2. The van der Waals surface area contributed by atoms with Crippen LogP contribution in [0.15, 0.2) is 42.5 Å². The third kappa shape index (κ3) is 2.86. The molecule has 140 valence electrons. The number of halogens is 2. The van der Waals surface area contributed by atoms with Crippen molar-refractivity contribution >= 4 is 52.0 Å². The van der Waals surface area contributed by atoms with Crippen LogP contribution in [-0.4, -0.2) is 10.9 Å². The van der Waals surface area contributed by atoms with E-state index in [1.807, 2.05) is 42.5 Å². The van der Waals surface area contributed by atoms with Crippen molar-refractivity contribution in [3.63, 3.8) is 0 Å². The van der Waals surface area contributed by atoms with Crippen LogP contribution in [0.1, 0.15) is 37.4 Å². The minimum absolute atomic E-state index is 0.0153. The highest BCUT2D eigenvalue weighted by Gasteiger charge is 2.60. The molecule has 0 bridgehead atoms. The smallest absolute Gasteiger partial charge is 0.237 e. The fourth-order valence-electron chi connectivity index (χ4n) is 4.69. The maximum absolute atomic E-state index is 13.5. The molecule has 2 aromatic carbocycles. The molecular formula is C21H20Cl2N2OS. The van der Waals surface area contributed by atoms with Crippen LogP contribution in [0.3, 0.4) is 0 Å². The quantitative estimate of drug-likeness (QED) is 0.630. The summed E-state index contributed by atoms with van der Waals surface area (Å²) >= 11 is 18.1. The molecule has 1 amide bonds. The first-order valence-electron chi connectivity index (χ1n) is 9.00. The van der Waals surface area contributed by atoms with E-state index in [9.17, 15) is 4.79 Å². The molecule has 2 N–H and O–H groups in total. The van der Waals surface area contributed by atoms with E-state index in [1.165, 1.54) is 0 Å². The number of nitrogens with one attached hydrogen (secondary N) is 2. The third-order valence-corrected chi connectivity index (χ3v) is 6.54. The summed E-state index contributed by atoms with van der Waals surface area (Å²) in [6.07, 6.45) is 0.666. The molecule has 4 rings (SSSR count). The molecule has 3 atom stereocenters. The average Bonchev–Trinajstić information content (AvgIpc) is 2.88. The summed E-state index contributed by atoms with van der Waals surface area (Å²) in [5.41, 5.74) is 1.92. The van der Waals surface area contributed by atoms with Crippen molar-refractivity contribution in [2.45, 2.75) is 31.7 Å². The van der Waals surface area contributed by atoms with Crippen LogP contribution in [0.4, 0.5) is 5.69 Å². The second-order valence-corrected chi connectivity index (χ2v) is 8.99. The molecular weight excluding hydrogens is 399 g/mol. The van der Waals surface area contributed by atoms with E-state index >= 15 is 0 Å². The molecule has 3 nitrogen and oxygen atoms in total. The van der Waals surface area contributed by atoms with Gasteiger partial charge in [0.05, 0.1) is 11.0 Å². The van der Waals surface area contributed by atoms with Gasteiger partial charge in [0.15, 0.2) is 0 Å². The summed E-state index contributed by atoms with van der Waals surface area (Å²) in [6, 6.07) is 13.0. The predicted octanol–water partition coefficient (Wildman–Crippen LogP) is 5.52. The molecule has 0 unspecified atom stereocenters. The summed E-state index contributed by atoms with van der Waals surface area (Å²) in [4.78, 5) is 14.3. The van der Waals surface area contributed by atoms with Gasteiger partial charge in [-0.2, -0.15) is 0 Å². The SMILES string of the molecule is CC(C)[C@H]1CC(=S)N[C@@H](c2cccc(Cl)c2)[C@@]12C(=O)Nc1cc(Cl)ccc12. The Balaban J connectivity index is 2.00. The van der Waals surface area contributed by atoms with Gasteiger partial charge in [0.1, 0.15) is 5.41 Å². The van der Waals surface area contributed by atoms with Gasteiger partial charge >= 0.3 is 0 Å². The molecule has 0 aliphatic carbocycles. The molecule has 0 saturated carbocycles. The summed E-state index contributed by atoms with van der Waals surface area (Å²) in [5.74, 6) is 0.301. The van der Waals surface area contributed by atoms with E-state index in [0.717, 1.165) is 21.8 Å². The molecule has 0 radical (unpaired) electrons. The van der Waals surface area contributed by atoms with Crippen molar-refractivity contribution in [1.82, 2.24) is 5.32 Å². The van der Waals surface area contributed by atoms with Crippen LogP contribution in [0, 0.1) is 11.8 Å². The average molecular weight is 419 g/mol. The van der Waals surface area contributed by atoms with E-state index in [4.69, 9.17) is 35.4 Å². The Kier molecular flexibility index (Phi) is 4.69. The van der Waals surface area contributed by atoms with Crippen LogP contribution < -0.4 is 10.6 Å². The molecule has 0 aromatic heterocycles. The zero-order chi connectivity index (χ0) is 19.3. The first kappa shape index (κ1) is 18.7. The zero-order valence-electron chi connectivity index (χ0n) is 15.1. The Bertz CT molecular complexity index is 946. The minimum Gasteiger partial charge on any atom is -0.371 e. The Morgan fingerprint density at radius 3 is 2.59 bits per heavy atom. The predicted molar refractivity (Wildman–Crippen MR) is 115 cm³/mol. The van der Waals surface area contributed by atoms with Crippen molar-refractivity contribution in [1.29, 1.82) is 0 Å². The highest BCUT2D eigenvalue weighted by atomic mass is 35.5. The molecule has 2 aliphatic heterocycles. The topological polar surface area (TPSA) is 41.1 Å². The maximum atomic E-state index is 13.5. The number of piperidine rings is 1. The van der Waals surface area contributed by atoms with Gasteiger partial charge in [0, 0.05) is 22.2 Å². The van der Waals surface area contributed by atoms with Crippen molar-refractivity contribution in [2.75, 3.05) is 5.32 Å². The molecule has 6 heteroatoms. The number of carbonyl (C=O) groups is 1. The third-order valence-electron chi connectivity index (χ3n) is 5.79. The summed E-state index contributed by atoms with van der Waals surface area (Å²) in [5, 5.41) is 7.75. The highest BCUT2D eigenvalue weighted by molar-refractivity contribution is 7.80. The van der Waals surface area contributed by atoms with Crippen LogP contribution in [-0.2, 0) is 10.2 Å². The lowest BCUT2D eigenvalue weighted by Crippen LogP contribution is -2.58. The number of carbonyl (C=O) groups excluding carboxylic acids is 1. The van der Waals surface area contributed by atoms with Crippen LogP contribution in [0.25, 0.3) is 0 Å². The van der Waals surface area contributed by atoms with E-state index < -0.39 is 5.41 Å². The number of thiocarbonyl (C=S) groups is 1. The van der Waals surface area contributed by atoms with E-state index in [1.54, 1.807) is 0 Å². The molecule has 1 spiro atoms. The van der Waals surface area contributed by atoms with Crippen molar-refractivity contribution in [3.8, 4) is 0 Å². The standard InChI is InChI=1S/C21H20Cl2N2OS/c1-11(2)16-10-18(27)25-19(12-4-3-5-13(22)8-12)21(16)15-7-6-14(23)9-17(15)24-20(21)26/h3-9,11,16,19H,10H2,1-2H3,(H,24,26)(H,25,27)/t16-,19+,21+/m1/s1. The molecule has 2 aromatic rings. The summed E-state index contributed by atoms with van der Waals surface area (Å²) < 4.78 is 0. The Hall–Kier alpha value is -1.62.